The number of nitrogens with zero attached hydrogens (tertiary/aromatic N) is 1. The quantitative estimate of drug-likeness (QED) is 0.747. The van der Waals surface area contributed by atoms with E-state index in [1.54, 1.807) is 0 Å². The molecule has 0 saturated heterocycles. The largest absolute Gasteiger partial charge is 0.381 e. The van der Waals surface area contributed by atoms with Crippen LogP contribution >= 0.6 is 0 Å². The first-order valence-corrected chi connectivity index (χ1v) is 5.19. The molecule has 2 unspecified atom stereocenters. The van der Waals surface area contributed by atoms with E-state index < -0.39 is 0 Å². The molecule has 1 fully saturated rings. The van der Waals surface area contributed by atoms with Crippen molar-refractivity contribution in [3.05, 3.63) is 24.0 Å². The molecule has 3 heteroatoms. The number of aryl methyl sites for hydroxylation is 1. The molecule has 3 N–H and O–H groups in total. The summed E-state index contributed by atoms with van der Waals surface area (Å²) in [5, 5.41) is 3.50. The molecule has 14 heavy (non-hydrogen) atoms. The monoisotopic (exact) mass is 191 g/mol. The van der Waals surface area contributed by atoms with Gasteiger partial charge in [-0.05, 0) is 38.3 Å². The van der Waals surface area contributed by atoms with Crippen LogP contribution in [-0.2, 0) is 0 Å². The fraction of sp³-hybridized carbons (Fsp3) is 0.545. The van der Waals surface area contributed by atoms with E-state index in [0.29, 0.717) is 12.1 Å². The van der Waals surface area contributed by atoms with Crippen molar-refractivity contribution >= 4 is 5.69 Å². The Morgan fingerprint density at radius 3 is 3.00 bits per heavy atom. The third-order valence-corrected chi connectivity index (χ3v) is 2.84. The van der Waals surface area contributed by atoms with Gasteiger partial charge in [-0.1, -0.05) is 0 Å². The summed E-state index contributed by atoms with van der Waals surface area (Å²) in [7, 11) is 0. The molecule has 1 aliphatic rings. The smallest absolute Gasteiger partial charge is 0.0603 e. The van der Waals surface area contributed by atoms with E-state index in [-0.39, 0.29) is 0 Å². The normalized spacial score (nSPS) is 26.4. The van der Waals surface area contributed by atoms with Gasteiger partial charge in [0, 0.05) is 18.3 Å². The molecule has 2 rings (SSSR count). The highest BCUT2D eigenvalue weighted by Crippen LogP contribution is 2.22. The Kier molecular flexibility index (Phi) is 2.68. The molecule has 0 amide bonds. The predicted octanol–water partition coefficient (Wildman–Crippen LogP) is 1.68. The summed E-state index contributed by atoms with van der Waals surface area (Å²) in [6, 6.07) is 4.95. The summed E-state index contributed by atoms with van der Waals surface area (Å²) in [5.74, 6) is 0. The summed E-state index contributed by atoms with van der Waals surface area (Å²) in [6.07, 6.45) is 5.21. The lowest BCUT2D eigenvalue weighted by Crippen LogP contribution is -2.21. The number of nitrogens with one attached hydrogen (secondary N) is 1. The van der Waals surface area contributed by atoms with Crippen LogP contribution in [-0.4, -0.2) is 17.1 Å². The van der Waals surface area contributed by atoms with Crippen LogP contribution in [0.25, 0.3) is 0 Å². The van der Waals surface area contributed by atoms with Crippen molar-refractivity contribution in [2.24, 2.45) is 5.73 Å². The zero-order valence-corrected chi connectivity index (χ0v) is 8.53. The van der Waals surface area contributed by atoms with E-state index in [9.17, 15) is 0 Å². The topological polar surface area (TPSA) is 50.9 Å². The number of hydrogen-bond donors (Lipinski definition) is 2. The van der Waals surface area contributed by atoms with Crippen LogP contribution in [0.3, 0.4) is 0 Å². The summed E-state index contributed by atoms with van der Waals surface area (Å²) < 4.78 is 0. The van der Waals surface area contributed by atoms with Crippen molar-refractivity contribution in [2.45, 2.75) is 38.3 Å². The SMILES string of the molecule is Cc1ncccc1NC1CCC(N)C1. The molecule has 76 valence electrons. The van der Waals surface area contributed by atoms with Crippen LogP contribution in [0, 0.1) is 6.92 Å². The summed E-state index contributed by atoms with van der Waals surface area (Å²) in [6.45, 7) is 2.03. The van der Waals surface area contributed by atoms with Gasteiger partial charge in [0.25, 0.3) is 0 Å². The number of nitrogens with two attached hydrogens (primary N) is 1. The molecule has 0 spiro atoms. The lowest BCUT2D eigenvalue weighted by molar-refractivity contribution is 0.687. The maximum absolute atomic E-state index is 5.86. The lowest BCUT2D eigenvalue weighted by atomic mass is 10.2. The Labute approximate surface area is 84.7 Å². The Morgan fingerprint density at radius 1 is 1.50 bits per heavy atom. The maximum atomic E-state index is 5.86. The first-order chi connectivity index (χ1) is 6.75. The standard InChI is InChI=1S/C11H17N3/c1-8-11(3-2-6-13-8)14-10-5-4-9(12)7-10/h2-3,6,9-10,14H,4-5,7,12H2,1H3. The van der Waals surface area contributed by atoms with Crippen LogP contribution in [0.2, 0.25) is 0 Å². The minimum Gasteiger partial charge on any atom is -0.381 e. The van der Waals surface area contributed by atoms with Gasteiger partial charge in [0.2, 0.25) is 0 Å². The zero-order valence-electron chi connectivity index (χ0n) is 8.53. The first-order valence-electron chi connectivity index (χ1n) is 5.19. The highest BCUT2D eigenvalue weighted by Gasteiger charge is 2.21. The van der Waals surface area contributed by atoms with Crippen LogP contribution in [0.5, 0.6) is 0 Å². The molecule has 0 aromatic carbocycles. The maximum Gasteiger partial charge on any atom is 0.0603 e. The summed E-state index contributed by atoms with van der Waals surface area (Å²) in [5.41, 5.74) is 8.07. The molecule has 0 bridgehead atoms. The van der Waals surface area contributed by atoms with Crippen molar-refractivity contribution in [3.8, 4) is 0 Å². The van der Waals surface area contributed by atoms with Gasteiger partial charge in [-0.15, -0.1) is 0 Å². The molecule has 2 atom stereocenters. The highest BCUT2D eigenvalue weighted by molar-refractivity contribution is 5.47. The lowest BCUT2D eigenvalue weighted by Gasteiger charge is -2.14. The second kappa shape index (κ2) is 3.96. The highest BCUT2D eigenvalue weighted by atomic mass is 15.0. The van der Waals surface area contributed by atoms with Crippen LogP contribution in [0.1, 0.15) is 25.0 Å². The number of rotatable bonds is 2. The Balaban J connectivity index is 2.01. The fourth-order valence-electron chi connectivity index (χ4n) is 2.00. The van der Waals surface area contributed by atoms with E-state index in [1.807, 2.05) is 19.2 Å². The van der Waals surface area contributed by atoms with Gasteiger partial charge in [-0.2, -0.15) is 0 Å². The van der Waals surface area contributed by atoms with Crippen molar-refractivity contribution in [1.29, 1.82) is 0 Å². The minimum atomic E-state index is 0.379. The third-order valence-electron chi connectivity index (χ3n) is 2.84. The molecule has 1 heterocycles. The number of pyridine rings is 1. The first kappa shape index (κ1) is 9.46. The molecule has 1 aliphatic carbocycles. The van der Waals surface area contributed by atoms with Crippen molar-refractivity contribution in [2.75, 3.05) is 5.32 Å². The average molecular weight is 191 g/mol. The Bertz CT molecular complexity index is 311. The molecule has 1 saturated carbocycles. The number of hydrogen-bond acceptors (Lipinski definition) is 3. The molecule has 3 nitrogen and oxygen atoms in total. The number of anilines is 1. The van der Waals surface area contributed by atoms with E-state index in [1.165, 1.54) is 6.42 Å². The van der Waals surface area contributed by atoms with Crippen LogP contribution < -0.4 is 11.1 Å². The predicted molar refractivity (Wildman–Crippen MR) is 58.2 cm³/mol. The molecular formula is C11H17N3. The molecule has 1 aromatic heterocycles. The Morgan fingerprint density at radius 2 is 2.36 bits per heavy atom. The van der Waals surface area contributed by atoms with Gasteiger partial charge in [-0.25, -0.2) is 0 Å². The van der Waals surface area contributed by atoms with Gasteiger partial charge in [0.15, 0.2) is 0 Å². The summed E-state index contributed by atoms with van der Waals surface area (Å²) in [4.78, 5) is 4.25. The van der Waals surface area contributed by atoms with Crippen molar-refractivity contribution in [1.82, 2.24) is 4.98 Å². The molecule has 0 aliphatic heterocycles. The van der Waals surface area contributed by atoms with Gasteiger partial charge >= 0.3 is 0 Å². The van der Waals surface area contributed by atoms with Gasteiger partial charge < -0.3 is 11.1 Å². The molecule has 1 aromatic rings. The van der Waals surface area contributed by atoms with Crippen LogP contribution in [0.4, 0.5) is 5.69 Å². The van der Waals surface area contributed by atoms with E-state index in [0.717, 1.165) is 24.2 Å². The van der Waals surface area contributed by atoms with Gasteiger partial charge in [0.05, 0.1) is 11.4 Å². The van der Waals surface area contributed by atoms with Gasteiger partial charge in [-0.3, -0.25) is 4.98 Å². The fourth-order valence-corrected chi connectivity index (χ4v) is 2.00. The minimum absolute atomic E-state index is 0.379. The second-order valence-corrected chi connectivity index (χ2v) is 4.05. The van der Waals surface area contributed by atoms with E-state index in [2.05, 4.69) is 16.4 Å². The average Bonchev–Trinajstić information content (AvgIpc) is 2.56. The second-order valence-electron chi connectivity index (χ2n) is 4.05. The zero-order chi connectivity index (χ0) is 9.97. The number of aromatic nitrogens is 1. The van der Waals surface area contributed by atoms with Crippen LogP contribution in [0.15, 0.2) is 18.3 Å². The van der Waals surface area contributed by atoms with Gasteiger partial charge in [0.1, 0.15) is 0 Å². The van der Waals surface area contributed by atoms with Crippen molar-refractivity contribution < 1.29 is 0 Å². The van der Waals surface area contributed by atoms with E-state index >= 15 is 0 Å². The van der Waals surface area contributed by atoms with Crippen molar-refractivity contribution in [3.63, 3.8) is 0 Å². The molecular weight excluding hydrogens is 174 g/mol. The molecule has 0 radical (unpaired) electrons. The summed E-state index contributed by atoms with van der Waals surface area (Å²) >= 11 is 0. The van der Waals surface area contributed by atoms with E-state index in [4.69, 9.17) is 5.73 Å². The third kappa shape index (κ3) is 2.04. The Hall–Kier alpha value is -1.09.